The molecule has 1 aromatic heterocycles. The van der Waals surface area contributed by atoms with Crippen molar-refractivity contribution in [2.45, 2.75) is 58.5 Å². The van der Waals surface area contributed by atoms with E-state index in [2.05, 4.69) is 20.9 Å². The van der Waals surface area contributed by atoms with Gasteiger partial charge in [-0.3, -0.25) is 14.4 Å². The monoisotopic (exact) mass is 534 g/mol. The van der Waals surface area contributed by atoms with Crippen LogP contribution in [-0.2, 0) is 19.1 Å². The molecule has 1 aromatic carbocycles. The molecule has 3 amide bonds. The zero-order chi connectivity index (χ0) is 27.3. The molecule has 4 N–H and O–H groups in total. The molecule has 3 rings (SSSR count). The second kappa shape index (κ2) is 11.9. The summed E-state index contributed by atoms with van der Waals surface area (Å²) in [6.07, 6.45) is 1.83. The molecular weight excluding hydrogens is 500 g/mol. The smallest absolute Gasteiger partial charge is 0.328 e. The van der Waals surface area contributed by atoms with E-state index < -0.39 is 35.8 Å². The van der Waals surface area contributed by atoms with Crippen LogP contribution >= 0.6 is 11.6 Å². The highest BCUT2D eigenvalue weighted by atomic mass is 35.5. The topological polar surface area (TPSA) is 139 Å². The summed E-state index contributed by atoms with van der Waals surface area (Å²) >= 11 is 6.14. The zero-order valence-corrected chi connectivity index (χ0v) is 22.6. The molecule has 1 fully saturated rings. The Bertz CT molecular complexity index is 1170. The minimum absolute atomic E-state index is 0.114. The van der Waals surface area contributed by atoms with Crippen molar-refractivity contribution in [1.29, 1.82) is 0 Å². The second-order valence-electron chi connectivity index (χ2n) is 10.5. The Morgan fingerprint density at radius 2 is 1.86 bits per heavy atom. The van der Waals surface area contributed by atoms with Gasteiger partial charge in [-0.25, -0.2) is 4.79 Å². The van der Waals surface area contributed by atoms with Crippen LogP contribution in [0, 0.1) is 11.3 Å². The van der Waals surface area contributed by atoms with Crippen LogP contribution in [-0.4, -0.2) is 61.5 Å². The van der Waals surface area contributed by atoms with Crippen LogP contribution < -0.4 is 20.7 Å². The first-order valence-corrected chi connectivity index (χ1v) is 12.6. The zero-order valence-electron chi connectivity index (χ0n) is 21.8. The van der Waals surface area contributed by atoms with Gasteiger partial charge in [0.25, 0.3) is 5.91 Å². The molecule has 0 unspecified atom stereocenters. The lowest BCUT2D eigenvalue weighted by atomic mass is 9.87. The van der Waals surface area contributed by atoms with E-state index in [4.69, 9.17) is 21.1 Å². The standard InChI is InChI=1S/C26H35ClN4O6/c1-26(2,3)13-20(24(34)30-19(25(35)37-5)9-14-7-6-8-28-22(14)32)31-23(33)18-12-16-17(29-18)10-15(27)11-21(16)36-4/h10-12,14,19-20,29H,6-9,13H2,1-5H3,(H,28,32)(H,30,34)(H,31,33)/t14-,19-,20-/m0/s1. The number of fused-ring (bicyclic) bond motifs is 1. The molecule has 202 valence electrons. The third-order valence-electron chi connectivity index (χ3n) is 6.29. The molecule has 2 aromatic rings. The molecule has 0 radical (unpaired) electrons. The summed E-state index contributed by atoms with van der Waals surface area (Å²) in [6, 6.07) is 2.99. The van der Waals surface area contributed by atoms with Crippen molar-refractivity contribution >= 4 is 46.2 Å². The number of rotatable bonds is 9. The number of carbonyl (C=O) groups is 4. The summed E-state index contributed by atoms with van der Waals surface area (Å²) in [4.78, 5) is 54.3. The van der Waals surface area contributed by atoms with Crippen LogP contribution in [0.3, 0.4) is 0 Å². The first-order chi connectivity index (χ1) is 17.4. The second-order valence-corrected chi connectivity index (χ2v) is 10.9. The van der Waals surface area contributed by atoms with Crippen molar-refractivity contribution in [1.82, 2.24) is 20.9 Å². The Morgan fingerprint density at radius 1 is 1.14 bits per heavy atom. The van der Waals surface area contributed by atoms with E-state index in [1.54, 1.807) is 18.2 Å². The number of ether oxygens (including phenoxy) is 2. The molecule has 0 saturated carbocycles. The SMILES string of the molecule is COC(=O)[C@H](C[C@@H]1CCCNC1=O)NC(=O)[C@H](CC(C)(C)C)NC(=O)c1cc2c(OC)cc(Cl)cc2[nH]1. The van der Waals surface area contributed by atoms with Gasteiger partial charge in [-0.2, -0.15) is 0 Å². The van der Waals surface area contributed by atoms with Gasteiger partial charge in [0.2, 0.25) is 11.8 Å². The maximum atomic E-state index is 13.4. The van der Waals surface area contributed by atoms with Crippen LogP contribution in [0.1, 0.15) is 56.9 Å². The van der Waals surface area contributed by atoms with Crippen LogP contribution in [0.2, 0.25) is 5.02 Å². The molecule has 0 aliphatic carbocycles. The van der Waals surface area contributed by atoms with Crippen LogP contribution in [0.15, 0.2) is 18.2 Å². The van der Waals surface area contributed by atoms with Gasteiger partial charge in [0.15, 0.2) is 0 Å². The molecule has 0 bridgehead atoms. The number of aromatic nitrogens is 1. The van der Waals surface area contributed by atoms with Crippen molar-refractivity contribution < 1.29 is 28.7 Å². The summed E-state index contributed by atoms with van der Waals surface area (Å²) in [6.45, 7) is 6.42. The molecule has 1 aliphatic rings. The highest BCUT2D eigenvalue weighted by Gasteiger charge is 2.34. The lowest BCUT2D eigenvalue weighted by Crippen LogP contribution is -2.54. The van der Waals surface area contributed by atoms with Crippen LogP contribution in [0.4, 0.5) is 0 Å². The van der Waals surface area contributed by atoms with E-state index in [9.17, 15) is 19.2 Å². The van der Waals surface area contributed by atoms with Crippen molar-refractivity contribution in [3.05, 3.63) is 28.9 Å². The summed E-state index contributed by atoms with van der Waals surface area (Å²) in [5, 5.41) is 9.41. The molecule has 11 heteroatoms. The number of methoxy groups -OCH3 is 2. The number of carbonyl (C=O) groups excluding carboxylic acids is 4. The first-order valence-electron chi connectivity index (χ1n) is 12.2. The number of hydrogen-bond donors (Lipinski definition) is 4. The highest BCUT2D eigenvalue weighted by molar-refractivity contribution is 6.31. The molecule has 37 heavy (non-hydrogen) atoms. The van der Waals surface area contributed by atoms with E-state index in [1.165, 1.54) is 14.2 Å². The number of aromatic amines is 1. The molecule has 1 aliphatic heterocycles. The number of nitrogens with one attached hydrogen (secondary N) is 4. The average molecular weight is 535 g/mol. The first kappa shape index (κ1) is 28.3. The number of H-pyrrole nitrogens is 1. The van der Waals surface area contributed by atoms with Gasteiger partial charge in [0.1, 0.15) is 23.5 Å². The molecular formula is C26H35ClN4O6. The predicted octanol–water partition coefficient (Wildman–Crippen LogP) is 2.94. The van der Waals surface area contributed by atoms with E-state index in [0.717, 1.165) is 6.42 Å². The van der Waals surface area contributed by atoms with E-state index in [-0.39, 0.29) is 23.4 Å². The third kappa shape index (κ3) is 7.38. The Labute approximate surface area is 221 Å². The highest BCUT2D eigenvalue weighted by Crippen LogP contribution is 2.30. The quantitative estimate of drug-likeness (QED) is 0.365. The van der Waals surface area contributed by atoms with E-state index in [1.807, 2.05) is 20.8 Å². The largest absolute Gasteiger partial charge is 0.496 e. The summed E-state index contributed by atoms with van der Waals surface area (Å²) < 4.78 is 10.2. The molecule has 2 heterocycles. The number of esters is 1. The Hall–Kier alpha value is -3.27. The number of hydrogen-bond acceptors (Lipinski definition) is 6. The lowest BCUT2D eigenvalue weighted by molar-refractivity contribution is -0.146. The fourth-order valence-corrected chi connectivity index (χ4v) is 4.70. The van der Waals surface area contributed by atoms with Crippen molar-refractivity contribution in [3.8, 4) is 5.75 Å². The fraction of sp³-hybridized carbons (Fsp3) is 0.538. The average Bonchev–Trinajstić information content (AvgIpc) is 3.26. The van der Waals surface area contributed by atoms with Gasteiger partial charge >= 0.3 is 5.97 Å². The van der Waals surface area contributed by atoms with E-state index in [0.29, 0.717) is 41.1 Å². The lowest BCUT2D eigenvalue weighted by Gasteiger charge is -2.29. The van der Waals surface area contributed by atoms with Gasteiger partial charge in [0, 0.05) is 22.9 Å². The molecule has 0 spiro atoms. The Balaban J connectivity index is 1.81. The van der Waals surface area contributed by atoms with Gasteiger partial charge in [-0.1, -0.05) is 32.4 Å². The van der Waals surface area contributed by atoms with Crippen molar-refractivity contribution in [2.24, 2.45) is 11.3 Å². The molecule has 1 saturated heterocycles. The van der Waals surface area contributed by atoms with Gasteiger partial charge in [0.05, 0.1) is 19.7 Å². The Kier molecular flexibility index (Phi) is 9.07. The number of amides is 3. The van der Waals surface area contributed by atoms with Gasteiger partial charge in [-0.05, 0) is 49.3 Å². The maximum absolute atomic E-state index is 13.4. The van der Waals surface area contributed by atoms with Crippen LogP contribution in [0.5, 0.6) is 5.75 Å². The predicted molar refractivity (Wildman–Crippen MR) is 139 cm³/mol. The third-order valence-corrected chi connectivity index (χ3v) is 6.51. The van der Waals surface area contributed by atoms with E-state index >= 15 is 0 Å². The van der Waals surface area contributed by atoms with Gasteiger partial charge in [-0.15, -0.1) is 0 Å². The van der Waals surface area contributed by atoms with Crippen molar-refractivity contribution in [3.63, 3.8) is 0 Å². The summed E-state index contributed by atoms with van der Waals surface area (Å²) in [7, 11) is 2.74. The van der Waals surface area contributed by atoms with Gasteiger partial charge < -0.3 is 30.4 Å². The normalized spacial score (nSPS) is 17.5. The minimum atomic E-state index is -1.02. The maximum Gasteiger partial charge on any atom is 0.328 e. The number of halogens is 1. The number of benzene rings is 1. The molecule has 3 atom stereocenters. The molecule has 10 nitrogen and oxygen atoms in total. The number of piperidine rings is 1. The Morgan fingerprint density at radius 3 is 2.49 bits per heavy atom. The van der Waals surface area contributed by atoms with Crippen molar-refractivity contribution in [2.75, 3.05) is 20.8 Å². The summed E-state index contributed by atoms with van der Waals surface area (Å²) in [5.74, 6) is -1.74. The van der Waals surface area contributed by atoms with Crippen LogP contribution in [0.25, 0.3) is 10.9 Å². The summed E-state index contributed by atoms with van der Waals surface area (Å²) in [5.41, 5.74) is 0.518. The fourth-order valence-electron chi connectivity index (χ4n) is 4.49. The minimum Gasteiger partial charge on any atom is -0.496 e.